The standard InChI is InChI=1S/C17H15F2N3O3/c1-10-5-11(9-25-2)13(7-20)17(24)22(10)8-16(23)21-15-4-3-12(18)6-14(15)19/h3-6H,8-9H2,1-2H3,(H,21,23). The molecule has 2 rings (SSSR count). The molecule has 0 spiro atoms. The number of rotatable bonds is 5. The molecule has 0 aliphatic rings. The number of nitrogens with one attached hydrogen (secondary N) is 1. The number of pyridine rings is 1. The van der Waals surface area contributed by atoms with Crippen molar-refractivity contribution in [3.8, 4) is 6.07 Å². The lowest BCUT2D eigenvalue weighted by Gasteiger charge is -2.13. The highest BCUT2D eigenvalue weighted by molar-refractivity contribution is 5.90. The predicted octanol–water partition coefficient (Wildman–Crippen LogP) is 2.09. The number of carbonyl (C=O) groups is 1. The number of ether oxygens (including phenoxy) is 1. The lowest BCUT2D eigenvalue weighted by atomic mass is 10.1. The van der Waals surface area contributed by atoms with E-state index in [0.717, 1.165) is 16.7 Å². The van der Waals surface area contributed by atoms with Crippen LogP contribution in [0.4, 0.5) is 14.5 Å². The maximum atomic E-state index is 13.6. The number of amides is 1. The molecule has 0 atom stereocenters. The first-order valence-corrected chi connectivity index (χ1v) is 7.24. The molecular formula is C17H15F2N3O3. The van der Waals surface area contributed by atoms with Gasteiger partial charge in [-0.1, -0.05) is 0 Å². The third kappa shape index (κ3) is 4.08. The minimum Gasteiger partial charge on any atom is -0.380 e. The maximum Gasteiger partial charge on any atom is 0.269 e. The Balaban J connectivity index is 2.29. The van der Waals surface area contributed by atoms with Crippen LogP contribution < -0.4 is 10.9 Å². The van der Waals surface area contributed by atoms with Gasteiger partial charge in [0.25, 0.3) is 5.56 Å². The molecule has 25 heavy (non-hydrogen) atoms. The van der Waals surface area contributed by atoms with E-state index in [4.69, 9.17) is 10.00 Å². The van der Waals surface area contributed by atoms with Crippen molar-refractivity contribution in [1.29, 1.82) is 5.26 Å². The minimum absolute atomic E-state index is 0.0901. The summed E-state index contributed by atoms with van der Waals surface area (Å²) in [6.07, 6.45) is 0. The van der Waals surface area contributed by atoms with Crippen molar-refractivity contribution in [2.24, 2.45) is 0 Å². The topological polar surface area (TPSA) is 84.1 Å². The summed E-state index contributed by atoms with van der Waals surface area (Å²) in [7, 11) is 1.44. The Morgan fingerprint density at radius 2 is 2.08 bits per heavy atom. The molecule has 0 bridgehead atoms. The number of carbonyl (C=O) groups excluding carboxylic acids is 1. The van der Waals surface area contributed by atoms with E-state index in [1.54, 1.807) is 13.0 Å². The van der Waals surface area contributed by atoms with Gasteiger partial charge in [-0.15, -0.1) is 0 Å². The van der Waals surface area contributed by atoms with E-state index >= 15 is 0 Å². The van der Waals surface area contributed by atoms with E-state index in [1.807, 2.05) is 6.07 Å². The number of aromatic nitrogens is 1. The molecular weight excluding hydrogens is 332 g/mol. The fraction of sp³-hybridized carbons (Fsp3) is 0.235. The number of hydrogen-bond acceptors (Lipinski definition) is 4. The van der Waals surface area contributed by atoms with Crippen LogP contribution in [0.1, 0.15) is 16.8 Å². The molecule has 1 N–H and O–H groups in total. The summed E-state index contributed by atoms with van der Waals surface area (Å²) in [6.45, 7) is 1.28. The summed E-state index contributed by atoms with van der Waals surface area (Å²) in [5.41, 5.74) is -0.0781. The molecule has 6 nitrogen and oxygen atoms in total. The van der Waals surface area contributed by atoms with Gasteiger partial charge in [0.15, 0.2) is 0 Å². The first-order chi connectivity index (χ1) is 11.9. The summed E-state index contributed by atoms with van der Waals surface area (Å²) < 4.78 is 32.5. The molecule has 8 heteroatoms. The second kappa shape index (κ2) is 7.68. The number of benzene rings is 1. The first kappa shape index (κ1) is 18.3. The summed E-state index contributed by atoms with van der Waals surface area (Å²) in [6, 6.07) is 6.11. The highest BCUT2D eigenvalue weighted by atomic mass is 19.1. The Morgan fingerprint density at radius 3 is 2.68 bits per heavy atom. The zero-order valence-corrected chi connectivity index (χ0v) is 13.6. The molecule has 0 unspecified atom stereocenters. The van der Waals surface area contributed by atoms with Gasteiger partial charge in [0.2, 0.25) is 5.91 Å². The van der Waals surface area contributed by atoms with Gasteiger partial charge in [-0.3, -0.25) is 9.59 Å². The fourth-order valence-electron chi connectivity index (χ4n) is 2.34. The van der Waals surface area contributed by atoms with E-state index < -0.39 is 29.6 Å². The van der Waals surface area contributed by atoms with Gasteiger partial charge < -0.3 is 14.6 Å². The van der Waals surface area contributed by atoms with Crippen LogP contribution in [0.25, 0.3) is 0 Å². The van der Waals surface area contributed by atoms with Crippen LogP contribution in [0.5, 0.6) is 0 Å². The third-order valence-electron chi connectivity index (χ3n) is 3.51. The molecule has 1 aromatic heterocycles. The van der Waals surface area contributed by atoms with Crippen LogP contribution in [0.15, 0.2) is 29.1 Å². The van der Waals surface area contributed by atoms with E-state index in [1.165, 1.54) is 7.11 Å². The van der Waals surface area contributed by atoms with Crippen molar-refractivity contribution < 1.29 is 18.3 Å². The van der Waals surface area contributed by atoms with Crippen molar-refractivity contribution in [2.45, 2.75) is 20.1 Å². The van der Waals surface area contributed by atoms with Gasteiger partial charge in [-0.2, -0.15) is 5.26 Å². The second-order valence-corrected chi connectivity index (χ2v) is 5.29. The average molecular weight is 347 g/mol. The minimum atomic E-state index is -0.925. The molecule has 0 fully saturated rings. The van der Waals surface area contributed by atoms with Gasteiger partial charge in [0, 0.05) is 24.4 Å². The predicted molar refractivity (Wildman–Crippen MR) is 85.9 cm³/mol. The number of nitrogens with zero attached hydrogens (tertiary/aromatic N) is 2. The molecule has 0 aliphatic carbocycles. The number of methoxy groups -OCH3 is 1. The summed E-state index contributed by atoms with van der Waals surface area (Å²) in [5, 5.41) is 11.4. The van der Waals surface area contributed by atoms with Crippen LogP contribution in [-0.2, 0) is 22.7 Å². The monoisotopic (exact) mass is 347 g/mol. The Bertz CT molecular complexity index is 917. The van der Waals surface area contributed by atoms with Crippen molar-refractivity contribution in [1.82, 2.24) is 4.57 Å². The van der Waals surface area contributed by atoms with Gasteiger partial charge >= 0.3 is 0 Å². The lowest BCUT2D eigenvalue weighted by molar-refractivity contribution is -0.116. The Hall–Kier alpha value is -3.05. The molecule has 2 aromatic rings. The first-order valence-electron chi connectivity index (χ1n) is 7.24. The van der Waals surface area contributed by atoms with Crippen LogP contribution in [0.3, 0.4) is 0 Å². The highest BCUT2D eigenvalue weighted by Gasteiger charge is 2.16. The number of nitriles is 1. The molecule has 0 aliphatic heterocycles. The van der Waals surface area contributed by atoms with Gasteiger partial charge in [0.05, 0.1) is 12.3 Å². The van der Waals surface area contributed by atoms with Crippen LogP contribution >= 0.6 is 0 Å². The Morgan fingerprint density at radius 1 is 1.36 bits per heavy atom. The summed E-state index contributed by atoms with van der Waals surface area (Å²) in [4.78, 5) is 24.5. The Labute approximate surface area is 142 Å². The van der Waals surface area contributed by atoms with Crippen molar-refractivity contribution in [3.05, 3.63) is 63.1 Å². The van der Waals surface area contributed by atoms with E-state index in [9.17, 15) is 18.4 Å². The van der Waals surface area contributed by atoms with Gasteiger partial charge in [0.1, 0.15) is 29.8 Å². The fourth-order valence-corrected chi connectivity index (χ4v) is 2.34. The van der Waals surface area contributed by atoms with Crippen molar-refractivity contribution >= 4 is 11.6 Å². The van der Waals surface area contributed by atoms with Crippen LogP contribution in [0.2, 0.25) is 0 Å². The lowest BCUT2D eigenvalue weighted by Crippen LogP contribution is -2.31. The van der Waals surface area contributed by atoms with Crippen molar-refractivity contribution in [3.63, 3.8) is 0 Å². The average Bonchev–Trinajstić information content (AvgIpc) is 2.54. The molecule has 1 amide bonds. The van der Waals surface area contributed by atoms with Gasteiger partial charge in [-0.25, -0.2) is 8.78 Å². The maximum absolute atomic E-state index is 13.6. The second-order valence-electron chi connectivity index (χ2n) is 5.29. The molecule has 0 saturated carbocycles. The highest BCUT2D eigenvalue weighted by Crippen LogP contribution is 2.15. The quantitative estimate of drug-likeness (QED) is 0.898. The summed E-state index contributed by atoms with van der Waals surface area (Å²) >= 11 is 0. The number of hydrogen-bond donors (Lipinski definition) is 1. The normalized spacial score (nSPS) is 10.4. The zero-order valence-electron chi connectivity index (χ0n) is 13.6. The third-order valence-corrected chi connectivity index (χ3v) is 3.51. The number of aryl methyl sites for hydroxylation is 1. The number of anilines is 1. The van der Waals surface area contributed by atoms with Crippen molar-refractivity contribution in [2.75, 3.05) is 12.4 Å². The van der Waals surface area contributed by atoms with Crippen LogP contribution in [0, 0.1) is 29.9 Å². The largest absolute Gasteiger partial charge is 0.380 e. The summed E-state index contributed by atoms with van der Waals surface area (Å²) in [5.74, 6) is -2.38. The number of halogens is 2. The van der Waals surface area contributed by atoms with E-state index in [-0.39, 0.29) is 17.9 Å². The van der Waals surface area contributed by atoms with Crippen LogP contribution in [-0.4, -0.2) is 17.6 Å². The Kier molecular flexibility index (Phi) is 5.62. The van der Waals surface area contributed by atoms with E-state index in [0.29, 0.717) is 17.3 Å². The molecule has 130 valence electrons. The smallest absolute Gasteiger partial charge is 0.269 e. The SMILES string of the molecule is COCc1cc(C)n(CC(=O)Nc2ccc(F)cc2F)c(=O)c1C#N. The zero-order chi connectivity index (χ0) is 18.6. The molecule has 0 radical (unpaired) electrons. The molecule has 1 heterocycles. The van der Waals surface area contributed by atoms with Gasteiger partial charge in [-0.05, 0) is 25.1 Å². The molecule has 1 aromatic carbocycles. The molecule has 0 saturated heterocycles. The van der Waals surface area contributed by atoms with E-state index in [2.05, 4.69) is 5.32 Å².